The number of nitrogens with one attached hydrogen (secondary N) is 1. The van der Waals surface area contributed by atoms with Gasteiger partial charge >= 0.3 is 0 Å². The van der Waals surface area contributed by atoms with Gasteiger partial charge in [0.2, 0.25) is 0 Å². The molecule has 1 heterocycles. The van der Waals surface area contributed by atoms with E-state index in [0.29, 0.717) is 0 Å². The van der Waals surface area contributed by atoms with Crippen molar-refractivity contribution in [3.8, 4) is 11.4 Å². The van der Waals surface area contributed by atoms with Crippen LogP contribution in [0.3, 0.4) is 0 Å². The fourth-order valence-electron chi connectivity index (χ4n) is 1.32. The zero-order chi connectivity index (χ0) is 10.5. The molecular formula is C11H13N3S. The minimum atomic E-state index is 0.784. The lowest BCUT2D eigenvalue weighted by Gasteiger charge is -1.92. The highest BCUT2D eigenvalue weighted by molar-refractivity contribution is 7.98. The van der Waals surface area contributed by atoms with Crippen molar-refractivity contribution in [3.05, 3.63) is 36.2 Å². The SMILES string of the molecule is CSCCc1nc(-c2ccccc2)n[nH]1. The summed E-state index contributed by atoms with van der Waals surface area (Å²) in [6, 6.07) is 10.0. The second-order valence-electron chi connectivity index (χ2n) is 3.21. The van der Waals surface area contributed by atoms with Gasteiger partial charge in [-0.15, -0.1) is 0 Å². The fraction of sp³-hybridized carbons (Fsp3) is 0.273. The van der Waals surface area contributed by atoms with Crippen molar-refractivity contribution >= 4 is 11.8 Å². The minimum absolute atomic E-state index is 0.784. The van der Waals surface area contributed by atoms with Crippen LogP contribution in [0.1, 0.15) is 5.82 Å². The molecule has 0 bridgehead atoms. The van der Waals surface area contributed by atoms with Crippen LogP contribution < -0.4 is 0 Å². The Morgan fingerprint density at radius 1 is 1.27 bits per heavy atom. The van der Waals surface area contributed by atoms with Crippen LogP contribution in [0.4, 0.5) is 0 Å². The summed E-state index contributed by atoms with van der Waals surface area (Å²) in [5, 5.41) is 7.16. The molecule has 0 amide bonds. The van der Waals surface area contributed by atoms with Gasteiger partial charge in [-0.3, -0.25) is 5.10 Å². The van der Waals surface area contributed by atoms with E-state index in [1.165, 1.54) is 0 Å². The summed E-state index contributed by atoms with van der Waals surface area (Å²) >= 11 is 1.81. The molecule has 0 fully saturated rings. The van der Waals surface area contributed by atoms with Gasteiger partial charge in [-0.25, -0.2) is 4.98 Å². The summed E-state index contributed by atoms with van der Waals surface area (Å²) in [6.07, 6.45) is 3.04. The number of H-pyrrole nitrogens is 1. The Hall–Kier alpha value is -1.29. The number of aromatic nitrogens is 3. The molecule has 3 nitrogen and oxygen atoms in total. The fourth-order valence-corrected chi connectivity index (χ4v) is 1.72. The van der Waals surface area contributed by atoms with Crippen LogP contribution >= 0.6 is 11.8 Å². The van der Waals surface area contributed by atoms with Crippen molar-refractivity contribution in [1.82, 2.24) is 15.2 Å². The van der Waals surface area contributed by atoms with Crippen molar-refractivity contribution < 1.29 is 0 Å². The van der Waals surface area contributed by atoms with Crippen molar-refractivity contribution in [1.29, 1.82) is 0 Å². The van der Waals surface area contributed by atoms with Crippen LogP contribution in [0.15, 0.2) is 30.3 Å². The molecule has 0 saturated carbocycles. The number of aryl methyl sites for hydroxylation is 1. The average molecular weight is 219 g/mol. The topological polar surface area (TPSA) is 41.6 Å². The standard InChI is InChI=1S/C11H13N3S/c1-15-8-7-10-12-11(14-13-10)9-5-3-2-4-6-9/h2-6H,7-8H2,1H3,(H,12,13,14). The first-order chi connectivity index (χ1) is 7.40. The summed E-state index contributed by atoms with van der Waals surface area (Å²) in [6.45, 7) is 0. The quantitative estimate of drug-likeness (QED) is 0.858. The minimum Gasteiger partial charge on any atom is -0.263 e. The van der Waals surface area contributed by atoms with Crippen molar-refractivity contribution in [2.45, 2.75) is 6.42 Å². The molecule has 2 aromatic rings. The molecule has 0 atom stereocenters. The summed E-state index contributed by atoms with van der Waals surface area (Å²) in [5.74, 6) is 2.82. The maximum Gasteiger partial charge on any atom is 0.181 e. The number of aromatic amines is 1. The molecule has 0 saturated heterocycles. The van der Waals surface area contributed by atoms with E-state index in [4.69, 9.17) is 0 Å². The Morgan fingerprint density at radius 3 is 2.80 bits per heavy atom. The van der Waals surface area contributed by atoms with Gasteiger partial charge < -0.3 is 0 Å². The Bertz CT molecular complexity index is 411. The lowest BCUT2D eigenvalue weighted by Crippen LogP contribution is -1.90. The Labute approximate surface area is 93.3 Å². The highest BCUT2D eigenvalue weighted by atomic mass is 32.2. The van der Waals surface area contributed by atoms with Crippen LogP contribution in [0.25, 0.3) is 11.4 Å². The van der Waals surface area contributed by atoms with Crippen LogP contribution in [-0.2, 0) is 6.42 Å². The predicted molar refractivity (Wildman–Crippen MR) is 63.9 cm³/mol. The monoisotopic (exact) mass is 219 g/mol. The lowest BCUT2D eigenvalue weighted by molar-refractivity contribution is 0.954. The third-order valence-corrected chi connectivity index (χ3v) is 2.72. The molecule has 1 aromatic carbocycles. The Balaban J connectivity index is 2.14. The van der Waals surface area contributed by atoms with E-state index >= 15 is 0 Å². The zero-order valence-electron chi connectivity index (χ0n) is 8.60. The lowest BCUT2D eigenvalue weighted by atomic mass is 10.2. The van der Waals surface area contributed by atoms with Gasteiger partial charge in [-0.05, 0) is 6.26 Å². The first kappa shape index (κ1) is 10.2. The molecule has 78 valence electrons. The molecule has 4 heteroatoms. The van der Waals surface area contributed by atoms with Crippen LogP contribution in [0.2, 0.25) is 0 Å². The molecule has 0 unspecified atom stereocenters. The number of nitrogens with zero attached hydrogens (tertiary/aromatic N) is 2. The van der Waals surface area contributed by atoms with E-state index in [0.717, 1.165) is 29.4 Å². The molecule has 0 aliphatic heterocycles. The van der Waals surface area contributed by atoms with Crippen LogP contribution in [0, 0.1) is 0 Å². The molecule has 0 aliphatic carbocycles. The molecular weight excluding hydrogens is 206 g/mol. The Kier molecular flexibility index (Phi) is 3.40. The Morgan fingerprint density at radius 2 is 2.07 bits per heavy atom. The van der Waals surface area contributed by atoms with Gasteiger partial charge in [0, 0.05) is 17.7 Å². The molecule has 2 rings (SSSR count). The highest BCUT2D eigenvalue weighted by Crippen LogP contribution is 2.13. The second-order valence-corrected chi connectivity index (χ2v) is 4.20. The number of benzene rings is 1. The van der Waals surface area contributed by atoms with Gasteiger partial charge in [-0.1, -0.05) is 30.3 Å². The van der Waals surface area contributed by atoms with Gasteiger partial charge in [-0.2, -0.15) is 16.9 Å². The zero-order valence-corrected chi connectivity index (χ0v) is 9.42. The summed E-state index contributed by atoms with van der Waals surface area (Å²) in [7, 11) is 0. The number of rotatable bonds is 4. The largest absolute Gasteiger partial charge is 0.263 e. The molecule has 1 N–H and O–H groups in total. The normalized spacial score (nSPS) is 10.5. The first-order valence-corrected chi connectivity index (χ1v) is 6.25. The summed E-state index contributed by atoms with van der Waals surface area (Å²) < 4.78 is 0. The first-order valence-electron chi connectivity index (χ1n) is 4.86. The van der Waals surface area contributed by atoms with E-state index in [9.17, 15) is 0 Å². The van der Waals surface area contributed by atoms with Gasteiger partial charge in [0.25, 0.3) is 0 Å². The third-order valence-electron chi connectivity index (χ3n) is 2.11. The predicted octanol–water partition coefficient (Wildman–Crippen LogP) is 2.38. The molecule has 0 spiro atoms. The maximum absolute atomic E-state index is 4.44. The number of hydrogen-bond donors (Lipinski definition) is 1. The molecule has 0 aliphatic rings. The average Bonchev–Trinajstić information content (AvgIpc) is 2.76. The van der Waals surface area contributed by atoms with Crippen LogP contribution in [-0.4, -0.2) is 27.2 Å². The van der Waals surface area contributed by atoms with Crippen molar-refractivity contribution in [3.63, 3.8) is 0 Å². The van der Waals surface area contributed by atoms with E-state index in [1.807, 2.05) is 42.1 Å². The van der Waals surface area contributed by atoms with E-state index in [1.54, 1.807) is 0 Å². The molecule has 0 radical (unpaired) electrons. The maximum atomic E-state index is 4.44. The molecule has 15 heavy (non-hydrogen) atoms. The second kappa shape index (κ2) is 4.98. The van der Waals surface area contributed by atoms with Gasteiger partial charge in [0.05, 0.1) is 0 Å². The summed E-state index contributed by atoms with van der Waals surface area (Å²) in [4.78, 5) is 4.44. The number of thioether (sulfide) groups is 1. The molecule has 1 aromatic heterocycles. The third kappa shape index (κ3) is 2.59. The van der Waals surface area contributed by atoms with E-state index in [-0.39, 0.29) is 0 Å². The van der Waals surface area contributed by atoms with Crippen molar-refractivity contribution in [2.24, 2.45) is 0 Å². The smallest absolute Gasteiger partial charge is 0.181 e. The van der Waals surface area contributed by atoms with Crippen molar-refractivity contribution in [2.75, 3.05) is 12.0 Å². The summed E-state index contributed by atoms with van der Waals surface area (Å²) in [5.41, 5.74) is 1.06. The van der Waals surface area contributed by atoms with Gasteiger partial charge in [0.1, 0.15) is 5.82 Å². The highest BCUT2D eigenvalue weighted by Gasteiger charge is 2.04. The van der Waals surface area contributed by atoms with Gasteiger partial charge in [0.15, 0.2) is 5.82 Å². The number of hydrogen-bond acceptors (Lipinski definition) is 3. The van der Waals surface area contributed by atoms with E-state index < -0.39 is 0 Å². The van der Waals surface area contributed by atoms with E-state index in [2.05, 4.69) is 21.4 Å². The van der Waals surface area contributed by atoms with Crippen LogP contribution in [0.5, 0.6) is 0 Å².